The molecule has 1 fully saturated rings. The van der Waals surface area contributed by atoms with E-state index in [1.807, 2.05) is 6.07 Å². The molecule has 0 aromatic heterocycles. The molecule has 0 aliphatic carbocycles. The summed E-state index contributed by atoms with van der Waals surface area (Å²) >= 11 is 0. The zero-order chi connectivity index (χ0) is 21.0. The van der Waals surface area contributed by atoms with Gasteiger partial charge in [-0.3, -0.25) is 14.9 Å². The number of hydrogen-bond acceptors (Lipinski definition) is 6. The number of carbonyl (C=O) groups excluding carboxylic acids is 1. The van der Waals surface area contributed by atoms with Gasteiger partial charge in [-0.25, -0.2) is 8.42 Å². The summed E-state index contributed by atoms with van der Waals surface area (Å²) in [6.45, 7) is 1.24. The highest BCUT2D eigenvalue weighted by molar-refractivity contribution is 7.89. The zero-order valence-corrected chi connectivity index (χ0v) is 16.7. The maximum absolute atomic E-state index is 12.8. The monoisotopic (exact) mass is 419 g/mol. The fourth-order valence-corrected chi connectivity index (χ4v) is 4.59. The topological polar surface area (TPSA) is 110 Å². The van der Waals surface area contributed by atoms with Crippen LogP contribution in [0.5, 0.6) is 0 Å². The van der Waals surface area contributed by atoms with Crippen LogP contribution in [-0.2, 0) is 21.4 Å². The van der Waals surface area contributed by atoms with Crippen molar-refractivity contribution in [2.45, 2.75) is 11.5 Å². The van der Waals surface area contributed by atoms with Crippen LogP contribution in [0.4, 0.5) is 5.69 Å². The molecule has 29 heavy (non-hydrogen) atoms. The molecule has 0 atom stereocenters. The Morgan fingerprint density at radius 2 is 1.76 bits per heavy atom. The summed E-state index contributed by atoms with van der Waals surface area (Å²) in [4.78, 5) is 24.5. The predicted octanol–water partition coefficient (Wildman–Crippen LogP) is 1.89. The Morgan fingerprint density at radius 1 is 1.10 bits per heavy atom. The molecule has 10 heteroatoms. The van der Waals surface area contributed by atoms with Gasteiger partial charge in [0.05, 0.1) is 16.4 Å². The molecule has 0 radical (unpaired) electrons. The van der Waals surface area contributed by atoms with Crippen molar-refractivity contribution < 1.29 is 22.9 Å². The van der Waals surface area contributed by atoms with Crippen LogP contribution in [0.15, 0.2) is 53.4 Å². The standard InChI is InChI=1S/C19H21N3O6S/c1-28-14-15-3-2-4-16(13-15)19(23)20-9-11-21(12-10-20)29(26,27)18-7-5-17(6-8-18)22(24)25/h2-8,13H,9-12,14H2,1H3. The number of nitro benzene ring substituents is 1. The molecule has 1 heterocycles. The number of carbonyl (C=O) groups is 1. The largest absolute Gasteiger partial charge is 0.380 e. The number of sulfonamides is 1. The number of nitro groups is 1. The molecule has 0 N–H and O–H groups in total. The first kappa shape index (κ1) is 20.9. The van der Waals surface area contributed by atoms with Gasteiger partial charge < -0.3 is 9.64 Å². The molecule has 2 aromatic rings. The fourth-order valence-electron chi connectivity index (χ4n) is 3.16. The van der Waals surface area contributed by atoms with Gasteiger partial charge in [-0.1, -0.05) is 12.1 Å². The number of nitrogens with zero attached hydrogens (tertiary/aromatic N) is 3. The number of ether oxygens (including phenoxy) is 1. The Kier molecular flexibility index (Phi) is 6.26. The van der Waals surface area contributed by atoms with Gasteiger partial charge in [0.25, 0.3) is 11.6 Å². The second kappa shape index (κ2) is 8.68. The van der Waals surface area contributed by atoms with E-state index in [1.54, 1.807) is 30.2 Å². The van der Waals surface area contributed by atoms with E-state index in [2.05, 4.69) is 0 Å². The van der Waals surface area contributed by atoms with E-state index in [0.717, 1.165) is 5.56 Å². The van der Waals surface area contributed by atoms with Crippen molar-refractivity contribution in [1.29, 1.82) is 0 Å². The van der Waals surface area contributed by atoms with Gasteiger partial charge in [-0.15, -0.1) is 0 Å². The van der Waals surface area contributed by atoms with Crippen molar-refractivity contribution in [2.24, 2.45) is 0 Å². The van der Waals surface area contributed by atoms with Gasteiger partial charge >= 0.3 is 0 Å². The number of non-ortho nitro benzene ring substituents is 1. The quantitative estimate of drug-likeness (QED) is 0.522. The lowest BCUT2D eigenvalue weighted by atomic mass is 10.1. The van der Waals surface area contributed by atoms with Crippen LogP contribution in [0.2, 0.25) is 0 Å². The SMILES string of the molecule is COCc1cccc(C(=O)N2CCN(S(=O)(=O)c3ccc([N+](=O)[O-])cc3)CC2)c1. The number of methoxy groups -OCH3 is 1. The first-order chi connectivity index (χ1) is 13.8. The molecule has 1 saturated heterocycles. The molecule has 0 bridgehead atoms. The zero-order valence-electron chi connectivity index (χ0n) is 15.9. The normalized spacial score (nSPS) is 15.3. The third-order valence-electron chi connectivity index (χ3n) is 4.70. The predicted molar refractivity (Wildman–Crippen MR) is 105 cm³/mol. The Bertz CT molecular complexity index is 999. The van der Waals surface area contributed by atoms with Crippen LogP contribution in [-0.4, -0.2) is 61.7 Å². The second-order valence-corrected chi connectivity index (χ2v) is 8.52. The van der Waals surface area contributed by atoms with E-state index in [1.165, 1.54) is 28.6 Å². The number of benzene rings is 2. The molecular formula is C19H21N3O6S. The molecule has 2 aromatic carbocycles. The van der Waals surface area contributed by atoms with Crippen LogP contribution < -0.4 is 0 Å². The van der Waals surface area contributed by atoms with Gasteiger partial charge in [-0.05, 0) is 29.8 Å². The van der Waals surface area contributed by atoms with Crippen molar-refractivity contribution in [2.75, 3.05) is 33.3 Å². The summed E-state index contributed by atoms with van der Waals surface area (Å²) in [6, 6.07) is 11.9. The Balaban J connectivity index is 1.67. The van der Waals surface area contributed by atoms with Crippen molar-refractivity contribution >= 4 is 21.6 Å². The summed E-state index contributed by atoms with van der Waals surface area (Å²) < 4.78 is 31.9. The van der Waals surface area contributed by atoms with E-state index in [0.29, 0.717) is 12.2 Å². The van der Waals surface area contributed by atoms with E-state index >= 15 is 0 Å². The molecule has 1 aliphatic rings. The summed E-state index contributed by atoms with van der Waals surface area (Å²) in [5.74, 6) is -0.157. The lowest BCUT2D eigenvalue weighted by Crippen LogP contribution is -2.50. The number of amides is 1. The first-order valence-corrected chi connectivity index (χ1v) is 10.4. The summed E-state index contributed by atoms with van der Waals surface area (Å²) in [5, 5.41) is 10.7. The molecule has 0 spiro atoms. The smallest absolute Gasteiger partial charge is 0.269 e. The van der Waals surface area contributed by atoms with Crippen molar-refractivity contribution in [3.05, 3.63) is 69.8 Å². The van der Waals surface area contributed by atoms with Gasteiger partial charge in [0.2, 0.25) is 10.0 Å². The number of piperazine rings is 1. The summed E-state index contributed by atoms with van der Waals surface area (Å²) in [5.41, 5.74) is 1.25. The van der Waals surface area contributed by atoms with Crippen LogP contribution in [0.25, 0.3) is 0 Å². The minimum Gasteiger partial charge on any atom is -0.380 e. The average molecular weight is 419 g/mol. The van der Waals surface area contributed by atoms with Gasteiger partial charge in [-0.2, -0.15) is 4.31 Å². The molecular weight excluding hydrogens is 398 g/mol. The van der Waals surface area contributed by atoms with Crippen LogP contribution in [0, 0.1) is 10.1 Å². The maximum atomic E-state index is 12.8. The highest BCUT2D eigenvalue weighted by Gasteiger charge is 2.30. The van der Waals surface area contributed by atoms with Crippen LogP contribution >= 0.6 is 0 Å². The van der Waals surface area contributed by atoms with E-state index < -0.39 is 14.9 Å². The third-order valence-corrected chi connectivity index (χ3v) is 6.61. The van der Waals surface area contributed by atoms with Crippen molar-refractivity contribution in [3.8, 4) is 0 Å². The first-order valence-electron chi connectivity index (χ1n) is 8.94. The molecule has 154 valence electrons. The Hall–Kier alpha value is -2.82. The van der Waals surface area contributed by atoms with Crippen molar-refractivity contribution in [1.82, 2.24) is 9.21 Å². The maximum Gasteiger partial charge on any atom is 0.269 e. The minimum atomic E-state index is -3.78. The van der Waals surface area contributed by atoms with Gasteiger partial charge in [0, 0.05) is 51.0 Å². The minimum absolute atomic E-state index is 0.00450. The van der Waals surface area contributed by atoms with E-state index in [4.69, 9.17) is 4.74 Å². The molecule has 3 rings (SSSR count). The molecule has 9 nitrogen and oxygen atoms in total. The number of rotatable bonds is 6. The van der Waals surface area contributed by atoms with Crippen LogP contribution in [0.1, 0.15) is 15.9 Å². The highest BCUT2D eigenvalue weighted by Crippen LogP contribution is 2.21. The van der Waals surface area contributed by atoms with E-state index in [9.17, 15) is 23.3 Å². The summed E-state index contributed by atoms with van der Waals surface area (Å²) in [7, 11) is -2.19. The highest BCUT2D eigenvalue weighted by atomic mass is 32.2. The molecule has 0 saturated carbocycles. The van der Waals surface area contributed by atoms with Crippen LogP contribution in [0.3, 0.4) is 0 Å². The lowest BCUT2D eigenvalue weighted by molar-refractivity contribution is -0.384. The molecule has 1 amide bonds. The molecule has 1 aliphatic heterocycles. The Morgan fingerprint density at radius 3 is 2.34 bits per heavy atom. The lowest BCUT2D eigenvalue weighted by Gasteiger charge is -2.34. The average Bonchev–Trinajstić information content (AvgIpc) is 2.74. The molecule has 0 unspecified atom stereocenters. The second-order valence-electron chi connectivity index (χ2n) is 6.58. The summed E-state index contributed by atoms with van der Waals surface area (Å²) in [6.07, 6.45) is 0. The van der Waals surface area contributed by atoms with E-state index in [-0.39, 0.29) is 42.7 Å². The third kappa shape index (κ3) is 4.61. The van der Waals surface area contributed by atoms with Gasteiger partial charge in [0.15, 0.2) is 0 Å². The fraction of sp³-hybridized carbons (Fsp3) is 0.316. The Labute approximate surface area is 168 Å². The van der Waals surface area contributed by atoms with Crippen molar-refractivity contribution in [3.63, 3.8) is 0 Å². The van der Waals surface area contributed by atoms with Gasteiger partial charge in [0.1, 0.15) is 0 Å². The number of hydrogen-bond donors (Lipinski definition) is 0.